The zero-order valence-electron chi connectivity index (χ0n) is 17.8. The maximum atomic E-state index is 13.1. The fourth-order valence-electron chi connectivity index (χ4n) is 3.66. The fraction of sp³-hybridized carbons (Fsp3) is 0.333. The summed E-state index contributed by atoms with van der Waals surface area (Å²) in [6.07, 6.45) is 0. The van der Waals surface area contributed by atoms with Crippen molar-refractivity contribution in [3.63, 3.8) is 0 Å². The number of carboxylic acids is 1. The van der Waals surface area contributed by atoms with Crippen LogP contribution < -0.4 is 4.72 Å². The first-order chi connectivity index (χ1) is 14.7. The number of urea groups is 1. The highest BCUT2D eigenvalue weighted by atomic mass is 35.5. The lowest BCUT2D eigenvalue weighted by atomic mass is 10.1. The molecule has 0 aliphatic carbocycles. The second-order valence-electron chi connectivity index (χ2n) is 8.43. The van der Waals surface area contributed by atoms with E-state index in [0.717, 1.165) is 11.1 Å². The van der Waals surface area contributed by atoms with Gasteiger partial charge in [-0.15, -0.1) is 0 Å². The predicted octanol–water partition coefficient (Wildman–Crippen LogP) is 2.90. The molecule has 0 bridgehead atoms. The SMILES string of the molecule is CN1C(=O)[N+]([O-])(CC(NS(=O)(=O)c2ccc(-c3ccc(Cl)cc3)cc2)C(=O)O)CC1(C)C. The van der Waals surface area contributed by atoms with Crippen LogP contribution >= 0.6 is 11.6 Å². The first-order valence-electron chi connectivity index (χ1n) is 9.73. The Morgan fingerprint density at radius 3 is 2.12 bits per heavy atom. The smallest absolute Gasteiger partial charge is 0.419 e. The fourth-order valence-corrected chi connectivity index (χ4v) is 4.96. The van der Waals surface area contributed by atoms with E-state index < -0.39 is 44.8 Å². The number of sulfonamides is 1. The van der Waals surface area contributed by atoms with E-state index in [1.54, 1.807) is 50.2 Å². The molecular weight excluding hydrogens is 458 g/mol. The summed E-state index contributed by atoms with van der Waals surface area (Å²) in [7, 11) is -2.80. The molecule has 1 aliphatic heterocycles. The molecule has 1 saturated heterocycles. The molecule has 1 aliphatic rings. The number of carbonyl (C=O) groups is 2. The van der Waals surface area contributed by atoms with Gasteiger partial charge in [0.05, 0.1) is 10.4 Å². The van der Waals surface area contributed by atoms with Gasteiger partial charge >= 0.3 is 12.0 Å². The van der Waals surface area contributed by atoms with Gasteiger partial charge < -0.3 is 10.3 Å². The van der Waals surface area contributed by atoms with E-state index >= 15 is 0 Å². The first kappa shape index (κ1) is 24.1. The minimum atomic E-state index is -4.26. The Bertz CT molecular complexity index is 1140. The molecule has 172 valence electrons. The van der Waals surface area contributed by atoms with Crippen molar-refractivity contribution in [2.45, 2.75) is 30.3 Å². The number of carboxylic acid groups (broad SMARTS) is 1. The van der Waals surface area contributed by atoms with Crippen LogP contribution in [0.5, 0.6) is 0 Å². The van der Waals surface area contributed by atoms with Crippen LogP contribution in [0, 0.1) is 5.21 Å². The van der Waals surface area contributed by atoms with Crippen LogP contribution in [0.15, 0.2) is 53.4 Å². The minimum Gasteiger partial charge on any atom is -0.624 e. The van der Waals surface area contributed by atoms with Gasteiger partial charge in [-0.1, -0.05) is 35.9 Å². The second kappa shape index (κ2) is 8.45. The molecule has 2 aromatic carbocycles. The highest BCUT2D eigenvalue weighted by Gasteiger charge is 2.52. The van der Waals surface area contributed by atoms with Crippen molar-refractivity contribution in [2.24, 2.45) is 0 Å². The van der Waals surface area contributed by atoms with E-state index in [2.05, 4.69) is 4.72 Å². The third-order valence-electron chi connectivity index (χ3n) is 5.60. The molecule has 1 fully saturated rings. The molecule has 2 amide bonds. The van der Waals surface area contributed by atoms with Crippen molar-refractivity contribution in [3.05, 3.63) is 58.8 Å². The van der Waals surface area contributed by atoms with Gasteiger partial charge in [0.1, 0.15) is 13.1 Å². The Morgan fingerprint density at radius 1 is 1.19 bits per heavy atom. The Balaban J connectivity index is 1.81. The van der Waals surface area contributed by atoms with Crippen LogP contribution in [0.3, 0.4) is 0 Å². The van der Waals surface area contributed by atoms with E-state index in [-0.39, 0.29) is 11.4 Å². The summed E-state index contributed by atoms with van der Waals surface area (Å²) in [6, 6.07) is 10.2. The molecule has 0 spiro atoms. The average Bonchev–Trinajstić information content (AvgIpc) is 2.87. The summed E-state index contributed by atoms with van der Waals surface area (Å²) < 4.78 is 26.2. The van der Waals surface area contributed by atoms with Gasteiger partial charge in [-0.05, 0) is 49.2 Å². The quantitative estimate of drug-likeness (QED) is 0.462. The Morgan fingerprint density at radius 2 is 1.69 bits per heavy atom. The number of carbonyl (C=O) groups excluding carboxylic acids is 1. The van der Waals surface area contributed by atoms with Crippen LogP contribution in [0.4, 0.5) is 4.79 Å². The number of quaternary nitrogens is 1. The number of likely N-dealkylation sites (N-methyl/N-ethyl adjacent to an activating group) is 1. The summed E-state index contributed by atoms with van der Waals surface area (Å²) >= 11 is 5.88. The monoisotopic (exact) mass is 481 g/mol. The standard InChI is InChI=1S/C21H24ClN3O6S/c1-21(2)13-25(29,20(28)24(21)3)12-18(19(26)27)23-32(30,31)17-10-6-15(7-11-17)14-4-8-16(22)9-5-14/h4-11,18,23H,12-13H2,1-3H3,(H,26,27). The maximum absolute atomic E-state index is 13.1. The third-order valence-corrected chi connectivity index (χ3v) is 7.34. The summed E-state index contributed by atoms with van der Waals surface area (Å²) in [6.45, 7) is 2.42. The van der Waals surface area contributed by atoms with E-state index in [9.17, 15) is 28.3 Å². The number of nitrogens with one attached hydrogen (secondary N) is 1. The molecule has 0 aromatic heterocycles. The number of amides is 2. The first-order valence-corrected chi connectivity index (χ1v) is 11.6. The van der Waals surface area contributed by atoms with Crippen LogP contribution in [0.25, 0.3) is 11.1 Å². The van der Waals surface area contributed by atoms with Gasteiger partial charge in [-0.25, -0.2) is 13.2 Å². The van der Waals surface area contributed by atoms with Gasteiger partial charge in [-0.3, -0.25) is 14.3 Å². The van der Waals surface area contributed by atoms with Crippen molar-refractivity contribution in [2.75, 3.05) is 20.1 Å². The lowest BCUT2D eigenvalue weighted by Crippen LogP contribution is -2.56. The number of halogens is 1. The number of benzene rings is 2. The summed E-state index contributed by atoms with van der Waals surface area (Å²) in [4.78, 5) is 25.3. The second-order valence-corrected chi connectivity index (χ2v) is 10.6. The zero-order chi connectivity index (χ0) is 23.9. The van der Waals surface area contributed by atoms with Crippen molar-refractivity contribution >= 4 is 33.6 Å². The molecule has 1 heterocycles. The molecule has 2 N–H and O–H groups in total. The Kier molecular flexibility index (Phi) is 6.38. The number of nitrogens with zero attached hydrogens (tertiary/aromatic N) is 2. The normalized spacial score (nSPS) is 21.5. The molecule has 2 atom stereocenters. The largest absolute Gasteiger partial charge is 0.624 e. The Labute approximate surface area is 191 Å². The molecule has 9 nitrogen and oxygen atoms in total. The van der Waals surface area contributed by atoms with Gasteiger partial charge in [0, 0.05) is 12.1 Å². The average molecular weight is 482 g/mol. The molecule has 0 saturated carbocycles. The molecule has 32 heavy (non-hydrogen) atoms. The summed E-state index contributed by atoms with van der Waals surface area (Å²) in [5.41, 5.74) is 0.789. The lowest BCUT2D eigenvalue weighted by molar-refractivity contribution is -0.793. The van der Waals surface area contributed by atoms with Crippen LogP contribution in [0.1, 0.15) is 13.8 Å². The van der Waals surface area contributed by atoms with Gasteiger partial charge in [0.15, 0.2) is 6.04 Å². The zero-order valence-corrected chi connectivity index (χ0v) is 19.4. The van der Waals surface area contributed by atoms with E-state index in [4.69, 9.17) is 11.6 Å². The van der Waals surface area contributed by atoms with E-state index in [0.29, 0.717) is 5.02 Å². The molecule has 2 unspecified atom stereocenters. The van der Waals surface area contributed by atoms with Crippen molar-refractivity contribution < 1.29 is 27.8 Å². The van der Waals surface area contributed by atoms with Crippen molar-refractivity contribution in [1.29, 1.82) is 0 Å². The van der Waals surface area contributed by atoms with Crippen molar-refractivity contribution in [1.82, 2.24) is 9.62 Å². The summed E-state index contributed by atoms with van der Waals surface area (Å²) in [5.74, 6) is -1.54. The van der Waals surface area contributed by atoms with E-state index in [1.165, 1.54) is 24.1 Å². The highest BCUT2D eigenvalue weighted by molar-refractivity contribution is 7.89. The molecule has 2 aromatic rings. The molecule has 3 rings (SSSR count). The number of rotatable bonds is 7. The van der Waals surface area contributed by atoms with Gasteiger partial charge in [0.25, 0.3) is 0 Å². The van der Waals surface area contributed by atoms with Crippen LogP contribution in [-0.2, 0) is 14.8 Å². The summed E-state index contributed by atoms with van der Waals surface area (Å²) in [5, 5.41) is 23.2. The minimum absolute atomic E-state index is 0.163. The number of hydroxylamine groups is 3. The number of hydrogen-bond donors (Lipinski definition) is 2. The topological polar surface area (TPSA) is 127 Å². The van der Waals surface area contributed by atoms with Gasteiger partial charge in [0.2, 0.25) is 10.0 Å². The number of aliphatic carboxylic acids is 1. The van der Waals surface area contributed by atoms with E-state index in [1.807, 2.05) is 0 Å². The molecule has 11 heteroatoms. The maximum Gasteiger partial charge on any atom is 0.419 e. The highest BCUT2D eigenvalue weighted by Crippen LogP contribution is 2.30. The van der Waals surface area contributed by atoms with Gasteiger partial charge in [-0.2, -0.15) is 4.72 Å². The number of hydrogen-bond acceptors (Lipinski definition) is 5. The molecule has 0 radical (unpaired) electrons. The predicted molar refractivity (Wildman–Crippen MR) is 119 cm³/mol. The van der Waals surface area contributed by atoms with Crippen LogP contribution in [0.2, 0.25) is 5.02 Å². The Hall–Kier alpha value is -2.50. The van der Waals surface area contributed by atoms with Crippen LogP contribution in [-0.4, -0.2) is 66.8 Å². The molecular formula is C21H24ClN3O6S. The third kappa shape index (κ3) is 4.79. The van der Waals surface area contributed by atoms with Crippen molar-refractivity contribution in [3.8, 4) is 11.1 Å². The lowest BCUT2D eigenvalue weighted by Gasteiger charge is -2.36.